The maximum Gasteiger partial charge on any atom is 0.341 e. The average Bonchev–Trinajstić information content (AvgIpc) is 3.09. The predicted molar refractivity (Wildman–Crippen MR) is 97.0 cm³/mol. The van der Waals surface area contributed by atoms with E-state index in [4.69, 9.17) is 14.4 Å². The van der Waals surface area contributed by atoms with Crippen molar-refractivity contribution in [2.24, 2.45) is 0 Å². The van der Waals surface area contributed by atoms with Crippen LogP contribution in [0.3, 0.4) is 0 Å². The van der Waals surface area contributed by atoms with Gasteiger partial charge in [0.1, 0.15) is 5.92 Å². The van der Waals surface area contributed by atoms with Crippen molar-refractivity contribution in [3.8, 4) is 0 Å². The Bertz CT molecular complexity index is 772. The van der Waals surface area contributed by atoms with Crippen LogP contribution in [-0.2, 0) is 14.4 Å². The van der Waals surface area contributed by atoms with Crippen molar-refractivity contribution < 1.29 is 19.3 Å². The number of fused-ring (bicyclic) bond motifs is 1. The van der Waals surface area contributed by atoms with Gasteiger partial charge in [0.15, 0.2) is 6.29 Å². The summed E-state index contributed by atoms with van der Waals surface area (Å²) in [6.07, 6.45) is -1.10. The summed E-state index contributed by atoms with van der Waals surface area (Å²) in [6, 6.07) is 19.2. The second-order valence-corrected chi connectivity index (χ2v) is 6.74. The number of hydrogen-bond donors (Lipinski definition) is 0. The van der Waals surface area contributed by atoms with Crippen molar-refractivity contribution in [1.82, 2.24) is 5.23 Å². The molecule has 2 aromatic rings. The largest absolute Gasteiger partial charge is 0.351 e. The van der Waals surface area contributed by atoms with Gasteiger partial charge in [-0.15, -0.1) is 0 Å². The molecule has 0 aliphatic carbocycles. The Labute approximate surface area is 157 Å². The van der Waals surface area contributed by atoms with Gasteiger partial charge in [-0.3, -0.25) is 10.1 Å². The lowest BCUT2D eigenvalue weighted by Crippen LogP contribution is -2.46. The molecule has 0 amide bonds. The van der Waals surface area contributed by atoms with E-state index in [1.54, 1.807) is 0 Å². The third-order valence-electron chi connectivity index (χ3n) is 5.18. The van der Waals surface area contributed by atoms with Crippen LogP contribution in [0.25, 0.3) is 0 Å². The quantitative estimate of drug-likeness (QED) is 0.593. The van der Waals surface area contributed by atoms with Crippen LogP contribution in [0.4, 0.5) is 0 Å². The van der Waals surface area contributed by atoms with Crippen LogP contribution < -0.4 is 0 Å². The molecule has 3 unspecified atom stereocenters. The summed E-state index contributed by atoms with van der Waals surface area (Å²) in [5, 5.41) is 13.1. The highest BCUT2D eigenvalue weighted by molar-refractivity contribution is 5.29. The summed E-state index contributed by atoms with van der Waals surface area (Å²) in [5.74, 6) is -0.472. The molecule has 0 bridgehead atoms. The molecular formula is C20H22N2O5. The van der Waals surface area contributed by atoms with Crippen LogP contribution in [-0.4, -0.2) is 35.3 Å². The zero-order valence-electron chi connectivity index (χ0n) is 15.0. The van der Waals surface area contributed by atoms with Gasteiger partial charge in [-0.2, -0.15) is 4.84 Å². The molecule has 0 aromatic heterocycles. The lowest BCUT2D eigenvalue weighted by atomic mass is 9.78. The van der Waals surface area contributed by atoms with Crippen LogP contribution >= 0.6 is 0 Å². The van der Waals surface area contributed by atoms with Crippen LogP contribution in [0.15, 0.2) is 60.7 Å². The first kappa shape index (κ1) is 18.1. The molecule has 2 fully saturated rings. The number of nitrogens with zero attached hydrogens (tertiary/aromatic N) is 2. The fraction of sp³-hybridized carbons (Fsp3) is 0.400. The first-order chi connectivity index (χ1) is 13.2. The molecule has 142 valence electrons. The Morgan fingerprint density at radius 2 is 1.70 bits per heavy atom. The molecule has 5 atom stereocenters. The summed E-state index contributed by atoms with van der Waals surface area (Å²) in [7, 11) is 0. The summed E-state index contributed by atoms with van der Waals surface area (Å²) in [5.41, 5.74) is 1.96. The van der Waals surface area contributed by atoms with Crippen molar-refractivity contribution in [2.75, 3.05) is 6.61 Å². The zero-order valence-corrected chi connectivity index (χ0v) is 15.0. The number of rotatable bonds is 5. The van der Waals surface area contributed by atoms with E-state index in [9.17, 15) is 10.1 Å². The number of ether oxygens (including phenoxy) is 1. The van der Waals surface area contributed by atoms with E-state index < -0.39 is 18.4 Å². The van der Waals surface area contributed by atoms with E-state index in [1.165, 1.54) is 5.23 Å². The topological polar surface area (TPSA) is 74.1 Å². The van der Waals surface area contributed by atoms with Gasteiger partial charge in [0.25, 0.3) is 0 Å². The first-order valence-corrected chi connectivity index (χ1v) is 9.16. The van der Waals surface area contributed by atoms with Crippen LogP contribution in [0.1, 0.15) is 36.3 Å². The summed E-state index contributed by atoms with van der Waals surface area (Å²) in [6.45, 7) is 2.38. The molecule has 2 heterocycles. The molecule has 2 aromatic carbocycles. The van der Waals surface area contributed by atoms with Gasteiger partial charge in [-0.1, -0.05) is 65.9 Å². The second-order valence-electron chi connectivity index (χ2n) is 6.74. The van der Waals surface area contributed by atoms with E-state index in [0.717, 1.165) is 11.1 Å². The Hall–Kier alpha value is -2.32. The van der Waals surface area contributed by atoms with Gasteiger partial charge < -0.3 is 4.74 Å². The van der Waals surface area contributed by atoms with Crippen molar-refractivity contribution in [2.45, 2.75) is 43.7 Å². The minimum atomic E-state index is -1.20. The first-order valence-electron chi connectivity index (χ1n) is 9.16. The minimum Gasteiger partial charge on any atom is -0.351 e. The fourth-order valence-corrected chi connectivity index (χ4v) is 4.06. The molecule has 27 heavy (non-hydrogen) atoms. The van der Waals surface area contributed by atoms with Gasteiger partial charge >= 0.3 is 6.23 Å². The summed E-state index contributed by atoms with van der Waals surface area (Å²) < 4.78 is 5.67. The SMILES string of the molecule is CCO[C@H]1C[C@@H](c2ccccc2)C2C(c3ccccc3)C([N+](=O)[O-])ON2O1. The number of nitro groups is 1. The van der Waals surface area contributed by atoms with E-state index in [-0.39, 0.29) is 16.9 Å². The molecule has 7 nitrogen and oxygen atoms in total. The van der Waals surface area contributed by atoms with Gasteiger partial charge in [0.05, 0.1) is 11.0 Å². The third kappa shape index (κ3) is 3.46. The van der Waals surface area contributed by atoms with Gasteiger partial charge in [-0.05, 0) is 18.1 Å². The Morgan fingerprint density at radius 3 is 2.30 bits per heavy atom. The Morgan fingerprint density at radius 1 is 1.07 bits per heavy atom. The van der Waals surface area contributed by atoms with Gasteiger partial charge in [0.2, 0.25) is 0 Å². The van der Waals surface area contributed by atoms with Crippen molar-refractivity contribution >= 4 is 0 Å². The monoisotopic (exact) mass is 370 g/mol. The van der Waals surface area contributed by atoms with Crippen LogP contribution in [0.5, 0.6) is 0 Å². The zero-order chi connectivity index (χ0) is 18.8. The van der Waals surface area contributed by atoms with Crippen molar-refractivity contribution in [1.29, 1.82) is 0 Å². The lowest BCUT2D eigenvalue weighted by Gasteiger charge is -2.39. The highest BCUT2D eigenvalue weighted by atomic mass is 17.0. The highest BCUT2D eigenvalue weighted by Crippen LogP contribution is 2.48. The van der Waals surface area contributed by atoms with Crippen LogP contribution in [0, 0.1) is 10.1 Å². The molecule has 4 rings (SSSR count). The standard InChI is InChI=1S/C20H22N2O5/c1-2-25-17-13-16(14-9-5-3-6-10-14)19-18(15-11-7-4-8-12-15)20(21(23)24)27-22(19)26-17/h3-12,16-20H,2,13H2,1H3/t16-,17+,18?,19?,20?/m0/s1. The molecule has 0 spiro atoms. The predicted octanol–water partition coefficient (Wildman–Crippen LogP) is 3.47. The molecule has 2 saturated heterocycles. The number of benzene rings is 2. The normalized spacial score (nSPS) is 30.8. The fourth-order valence-electron chi connectivity index (χ4n) is 4.06. The van der Waals surface area contributed by atoms with Crippen molar-refractivity contribution in [3.05, 3.63) is 81.9 Å². The third-order valence-corrected chi connectivity index (χ3v) is 5.18. The highest BCUT2D eigenvalue weighted by Gasteiger charge is 2.58. The van der Waals surface area contributed by atoms with Crippen molar-refractivity contribution in [3.63, 3.8) is 0 Å². The number of hydroxylamine groups is 2. The minimum absolute atomic E-state index is 0.0216. The van der Waals surface area contributed by atoms with Gasteiger partial charge in [-0.25, -0.2) is 4.84 Å². The van der Waals surface area contributed by atoms with Gasteiger partial charge in [0, 0.05) is 18.9 Å². The average molecular weight is 370 g/mol. The molecule has 7 heteroatoms. The molecule has 2 aliphatic heterocycles. The van der Waals surface area contributed by atoms with E-state index in [2.05, 4.69) is 0 Å². The number of hydrogen-bond acceptors (Lipinski definition) is 6. The summed E-state index contributed by atoms with van der Waals surface area (Å²) in [4.78, 5) is 22.8. The van der Waals surface area contributed by atoms with E-state index in [0.29, 0.717) is 13.0 Å². The molecule has 0 N–H and O–H groups in total. The van der Waals surface area contributed by atoms with E-state index in [1.807, 2.05) is 67.6 Å². The molecule has 2 aliphatic rings. The van der Waals surface area contributed by atoms with Crippen LogP contribution in [0.2, 0.25) is 0 Å². The Kier molecular flexibility index (Phi) is 5.18. The second kappa shape index (κ2) is 7.74. The molecule has 0 saturated carbocycles. The lowest BCUT2D eigenvalue weighted by molar-refractivity contribution is -0.607. The maximum absolute atomic E-state index is 11.7. The maximum atomic E-state index is 11.7. The smallest absolute Gasteiger partial charge is 0.341 e. The summed E-state index contributed by atoms with van der Waals surface area (Å²) >= 11 is 0. The molecule has 0 radical (unpaired) electrons. The molecular weight excluding hydrogens is 348 g/mol. The van der Waals surface area contributed by atoms with E-state index >= 15 is 0 Å². The Balaban J connectivity index is 1.76.